The fourth-order valence-electron chi connectivity index (χ4n) is 3.49. The quantitative estimate of drug-likeness (QED) is 0.713. The van der Waals surface area contributed by atoms with E-state index in [0.717, 1.165) is 32.6 Å². The number of halogens is 1. The number of hydrogen-bond acceptors (Lipinski definition) is 5. The fraction of sp³-hybridized carbons (Fsp3) is 0.368. The van der Waals surface area contributed by atoms with E-state index >= 15 is 0 Å². The minimum absolute atomic E-state index is 0.288. The molecule has 6 heteroatoms. The Morgan fingerprint density at radius 3 is 3.12 bits per heavy atom. The maximum Gasteiger partial charge on any atom is 0.298 e. The maximum atomic E-state index is 13.3. The molecule has 0 radical (unpaired) electrons. The van der Waals surface area contributed by atoms with Gasteiger partial charge in [-0.2, -0.15) is 4.98 Å². The Labute approximate surface area is 146 Å². The van der Waals surface area contributed by atoms with E-state index in [4.69, 9.17) is 4.42 Å². The van der Waals surface area contributed by atoms with E-state index in [0.29, 0.717) is 23.0 Å². The van der Waals surface area contributed by atoms with E-state index in [1.807, 2.05) is 12.3 Å². The second-order valence-corrected chi connectivity index (χ2v) is 6.77. The molecule has 1 aliphatic heterocycles. The van der Waals surface area contributed by atoms with Crippen molar-refractivity contribution in [3.8, 4) is 0 Å². The number of hydrogen-bond donors (Lipinski definition) is 0. The summed E-state index contributed by atoms with van der Waals surface area (Å²) in [6.07, 6.45) is 4.81. The minimum atomic E-state index is -0.288. The van der Waals surface area contributed by atoms with Crippen molar-refractivity contribution < 1.29 is 8.81 Å². The average Bonchev–Trinajstić information content (AvgIpc) is 3.21. The Hall–Kier alpha value is -2.47. The van der Waals surface area contributed by atoms with Crippen molar-refractivity contribution in [3.05, 3.63) is 54.1 Å². The lowest BCUT2D eigenvalue weighted by atomic mass is 10.1. The fourth-order valence-corrected chi connectivity index (χ4v) is 3.49. The molecule has 2 aromatic heterocycles. The first kappa shape index (κ1) is 16.0. The van der Waals surface area contributed by atoms with Gasteiger partial charge in [-0.25, -0.2) is 4.39 Å². The number of fused-ring (bicyclic) bond motifs is 1. The third kappa shape index (κ3) is 3.64. The summed E-state index contributed by atoms with van der Waals surface area (Å²) in [6, 6.07) is 9.11. The highest BCUT2D eigenvalue weighted by atomic mass is 19.1. The molecule has 4 rings (SSSR count). The van der Waals surface area contributed by atoms with Crippen LogP contribution < -0.4 is 4.90 Å². The highest BCUT2D eigenvalue weighted by Gasteiger charge is 2.26. The molecule has 1 aromatic carbocycles. The molecular formula is C19H21FN4O. The molecule has 1 unspecified atom stereocenters. The van der Waals surface area contributed by atoms with E-state index < -0.39 is 0 Å². The molecule has 3 aromatic rings. The summed E-state index contributed by atoms with van der Waals surface area (Å²) in [5.41, 5.74) is 2.43. The molecule has 1 atom stereocenters. The molecule has 25 heavy (non-hydrogen) atoms. The normalized spacial score (nSPS) is 17.7. The molecule has 1 saturated heterocycles. The zero-order valence-electron chi connectivity index (χ0n) is 14.2. The van der Waals surface area contributed by atoms with E-state index in [1.165, 1.54) is 17.7 Å². The molecule has 0 amide bonds. The molecule has 1 fully saturated rings. The van der Waals surface area contributed by atoms with Gasteiger partial charge in [0.05, 0.1) is 0 Å². The zero-order chi connectivity index (χ0) is 17.2. The van der Waals surface area contributed by atoms with Gasteiger partial charge in [-0.05, 0) is 43.1 Å². The lowest BCUT2D eigenvalue weighted by Gasteiger charge is -2.21. The van der Waals surface area contributed by atoms with Gasteiger partial charge in [0.2, 0.25) is 0 Å². The van der Waals surface area contributed by atoms with Crippen molar-refractivity contribution in [1.82, 2.24) is 14.9 Å². The molecule has 0 saturated carbocycles. The molecule has 5 nitrogen and oxygen atoms in total. The second-order valence-electron chi connectivity index (χ2n) is 6.77. The Kier molecular flexibility index (Phi) is 4.36. The van der Waals surface area contributed by atoms with Gasteiger partial charge in [-0.3, -0.25) is 4.98 Å². The van der Waals surface area contributed by atoms with Crippen LogP contribution in [0.15, 0.2) is 47.1 Å². The Balaban J connectivity index is 1.37. The Bertz CT molecular complexity index is 851. The van der Waals surface area contributed by atoms with E-state index in [2.05, 4.69) is 32.9 Å². The predicted octanol–water partition coefficient (Wildman–Crippen LogP) is 3.32. The third-order valence-corrected chi connectivity index (χ3v) is 4.64. The molecule has 1 aliphatic rings. The van der Waals surface area contributed by atoms with Crippen molar-refractivity contribution in [2.75, 3.05) is 31.6 Å². The van der Waals surface area contributed by atoms with Crippen LogP contribution in [-0.4, -0.2) is 41.5 Å². The molecule has 0 N–H and O–H groups in total. The summed E-state index contributed by atoms with van der Waals surface area (Å²) >= 11 is 0. The van der Waals surface area contributed by atoms with E-state index in [9.17, 15) is 4.39 Å². The summed E-state index contributed by atoms with van der Waals surface area (Å²) in [7, 11) is 2.14. The monoisotopic (exact) mass is 340 g/mol. The summed E-state index contributed by atoms with van der Waals surface area (Å²) in [5.74, 6) is 0.275. The van der Waals surface area contributed by atoms with E-state index in [-0.39, 0.29) is 5.82 Å². The number of benzene rings is 1. The van der Waals surface area contributed by atoms with Crippen LogP contribution in [0.5, 0.6) is 0 Å². The SMILES string of the molecule is CN(Cc1cccnc1)CC1CCN(c2nc3cc(F)ccc3o2)C1. The molecule has 0 bridgehead atoms. The largest absolute Gasteiger partial charge is 0.423 e. The van der Waals surface area contributed by atoms with Crippen LogP contribution in [0.25, 0.3) is 11.1 Å². The van der Waals surface area contributed by atoms with Crippen LogP contribution in [0.4, 0.5) is 10.4 Å². The van der Waals surface area contributed by atoms with Crippen LogP contribution in [0.1, 0.15) is 12.0 Å². The summed E-state index contributed by atoms with van der Waals surface area (Å²) in [6.45, 7) is 3.74. The number of oxazole rings is 1. The molecule has 3 heterocycles. The van der Waals surface area contributed by atoms with Crippen LogP contribution in [0.2, 0.25) is 0 Å². The second kappa shape index (κ2) is 6.80. The maximum absolute atomic E-state index is 13.3. The number of rotatable bonds is 5. The lowest BCUT2D eigenvalue weighted by molar-refractivity contribution is 0.279. The number of aromatic nitrogens is 2. The first-order chi connectivity index (χ1) is 12.2. The Morgan fingerprint density at radius 2 is 2.28 bits per heavy atom. The summed E-state index contributed by atoms with van der Waals surface area (Å²) < 4.78 is 19.1. The van der Waals surface area contributed by atoms with Gasteiger partial charge in [0, 0.05) is 44.6 Å². The van der Waals surface area contributed by atoms with Gasteiger partial charge in [-0.1, -0.05) is 6.07 Å². The van der Waals surface area contributed by atoms with Crippen LogP contribution in [-0.2, 0) is 6.54 Å². The van der Waals surface area contributed by atoms with Gasteiger partial charge in [0.15, 0.2) is 5.58 Å². The molecular weight excluding hydrogens is 319 g/mol. The summed E-state index contributed by atoms with van der Waals surface area (Å²) in [5, 5.41) is 0. The van der Waals surface area contributed by atoms with Gasteiger partial charge in [0.1, 0.15) is 11.3 Å². The average molecular weight is 340 g/mol. The summed E-state index contributed by atoms with van der Waals surface area (Å²) in [4.78, 5) is 13.1. The van der Waals surface area contributed by atoms with Crippen LogP contribution in [0, 0.1) is 11.7 Å². The molecule has 0 spiro atoms. The smallest absolute Gasteiger partial charge is 0.298 e. The van der Waals surface area contributed by atoms with Crippen LogP contribution in [0.3, 0.4) is 0 Å². The topological polar surface area (TPSA) is 45.4 Å². The number of anilines is 1. The third-order valence-electron chi connectivity index (χ3n) is 4.64. The van der Waals surface area contributed by atoms with Gasteiger partial charge in [-0.15, -0.1) is 0 Å². The number of pyridine rings is 1. The lowest BCUT2D eigenvalue weighted by Crippen LogP contribution is -2.28. The molecule has 0 aliphatic carbocycles. The van der Waals surface area contributed by atoms with Crippen molar-refractivity contribution in [3.63, 3.8) is 0 Å². The van der Waals surface area contributed by atoms with Gasteiger partial charge < -0.3 is 14.2 Å². The predicted molar refractivity (Wildman–Crippen MR) is 94.9 cm³/mol. The van der Waals surface area contributed by atoms with Crippen molar-refractivity contribution in [2.45, 2.75) is 13.0 Å². The number of nitrogens with zero attached hydrogens (tertiary/aromatic N) is 4. The standard InChI is InChI=1S/C19H21FN4O/c1-23(11-14-3-2-7-21-10-14)12-15-6-8-24(13-15)19-22-17-9-16(20)4-5-18(17)25-19/h2-5,7,9-10,15H,6,8,11-13H2,1H3. The van der Waals surface area contributed by atoms with Gasteiger partial charge >= 0.3 is 0 Å². The zero-order valence-corrected chi connectivity index (χ0v) is 14.2. The molecule has 130 valence electrons. The highest BCUT2D eigenvalue weighted by molar-refractivity contribution is 5.74. The van der Waals surface area contributed by atoms with E-state index in [1.54, 1.807) is 12.3 Å². The van der Waals surface area contributed by atoms with Crippen molar-refractivity contribution in [2.24, 2.45) is 5.92 Å². The van der Waals surface area contributed by atoms with Gasteiger partial charge in [0.25, 0.3) is 6.01 Å². The van der Waals surface area contributed by atoms with Crippen molar-refractivity contribution in [1.29, 1.82) is 0 Å². The Morgan fingerprint density at radius 1 is 1.36 bits per heavy atom. The van der Waals surface area contributed by atoms with Crippen LogP contribution >= 0.6 is 0 Å². The van der Waals surface area contributed by atoms with Crippen molar-refractivity contribution >= 4 is 17.1 Å². The minimum Gasteiger partial charge on any atom is -0.423 e. The first-order valence-electron chi connectivity index (χ1n) is 8.56. The first-order valence-corrected chi connectivity index (χ1v) is 8.56. The highest BCUT2D eigenvalue weighted by Crippen LogP contribution is 2.27.